The molecule has 17 heavy (non-hydrogen) atoms. The van der Waals surface area contributed by atoms with E-state index in [-0.39, 0.29) is 11.6 Å². The van der Waals surface area contributed by atoms with Crippen LogP contribution in [0.25, 0.3) is 0 Å². The third kappa shape index (κ3) is 4.50. The minimum absolute atomic E-state index is 0.218. The number of aliphatic hydroxyl groups excluding tert-OH is 1. The van der Waals surface area contributed by atoms with E-state index in [4.69, 9.17) is 39.4 Å². The normalized spacial score (nSPS) is 10.2. The Labute approximate surface area is 112 Å². The Morgan fingerprint density at radius 1 is 1.35 bits per heavy atom. The van der Waals surface area contributed by atoms with Crippen molar-refractivity contribution in [2.24, 2.45) is 5.73 Å². The number of aliphatic hydroxyl groups is 1. The average Bonchev–Trinajstić information content (AvgIpc) is 2.28. The third-order valence-electron chi connectivity index (χ3n) is 2.28. The Kier molecular flexibility index (Phi) is 6.26. The first-order valence-electron chi connectivity index (χ1n) is 5.48. The zero-order valence-corrected chi connectivity index (χ0v) is 11.1. The molecule has 0 heterocycles. The molecule has 3 nitrogen and oxygen atoms in total. The van der Waals surface area contributed by atoms with Crippen molar-refractivity contribution >= 4 is 28.8 Å². The van der Waals surface area contributed by atoms with Gasteiger partial charge in [-0.05, 0) is 31.4 Å². The van der Waals surface area contributed by atoms with Crippen LogP contribution >= 0.6 is 23.8 Å². The highest BCUT2D eigenvalue weighted by Crippen LogP contribution is 2.26. The summed E-state index contributed by atoms with van der Waals surface area (Å²) in [6.07, 6.45) is 2.60. The quantitative estimate of drug-likeness (QED) is 0.592. The van der Waals surface area contributed by atoms with Gasteiger partial charge in [0, 0.05) is 6.61 Å². The summed E-state index contributed by atoms with van der Waals surface area (Å²) in [5.74, 6) is 0.619. The zero-order valence-electron chi connectivity index (χ0n) is 9.49. The predicted octanol–water partition coefficient (Wildman–Crippen LogP) is 2.52. The van der Waals surface area contributed by atoms with Crippen LogP contribution in [0.2, 0.25) is 5.02 Å². The van der Waals surface area contributed by atoms with Gasteiger partial charge in [-0.15, -0.1) is 0 Å². The molecule has 0 aliphatic carbocycles. The Balaban J connectivity index is 2.58. The molecule has 0 saturated carbocycles. The first-order chi connectivity index (χ1) is 8.16. The number of ether oxygens (including phenoxy) is 1. The second-order valence-corrected chi connectivity index (χ2v) is 4.46. The number of benzene rings is 1. The molecule has 1 aromatic carbocycles. The lowest BCUT2D eigenvalue weighted by atomic mass is 10.2. The Bertz CT molecular complexity index is 385. The van der Waals surface area contributed by atoms with Crippen LogP contribution in [0.3, 0.4) is 0 Å². The van der Waals surface area contributed by atoms with Crippen LogP contribution in [0.15, 0.2) is 18.2 Å². The maximum absolute atomic E-state index is 8.64. The topological polar surface area (TPSA) is 55.5 Å². The molecular weight excluding hydrogens is 258 g/mol. The second kappa shape index (κ2) is 7.48. The fourth-order valence-electron chi connectivity index (χ4n) is 1.44. The Morgan fingerprint density at radius 2 is 2.12 bits per heavy atom. The van der Waals surface area contributed by atoms with Crippen LogP contribution in [0.1, 0.15) is 24.8 Å². The van der Waals surface area contributed by atoms with Crippen molar-refractivity contribution in [3.63, 3.8) is 0 Å². The van der Waals surface area contributed by atoms with Gasteiger partial charge in [0.25, 0.3) is 0 Å². The van der Waals surface area contributed by atoms with Gasteiger partial charge in [-0.3, -0.25) is 0 Å². The lowest BCUT2D eigenvalue weighted by Crippen LogP contribution is -2.13. The Hall–Kier alpha value is -0.840. The number of rotatable bonds is 7. The van der Waals surface area contributed by atoms with E-state index in [0.717, 1.165) is 19.3 Å². The lowest BCUT2D eigenvalue weighted by Gasteiger charge is -2.11. The first kappa shape index (κ1) is 14.2. The third-order valence-corrected chi connectivity index (χ3v) is 2.80. The van der Waals surface area contributed by atoms with Crippen LogP contribution in [-0.2, 0) is 0 Å². The van der Waals surface area contributed by atoms with E-state index in [0.29, 0.717) is 22.9 Å². The van der Waals surface area contributed by atoms with Gasteiger partial charge in [-0.1, -0.05) is 29.9 Å². The molecule has 0 radical (unpaired) electrons. The zero-order chi connectivity index (χ0) is 12.7. The van der Waals surface area contributed by atoms with E-state index in [9.17, 15) is 0 Å². The van der Waals surface area contributed by atoms with Crippen molar-refractivity contribution in [1.29, 1.82) is 0 Å². The van der Waals surface area contributed by atoms with Crippen molar-refractivity contribution in [3.05, 3.63) is 28.8 Å². The molecule has 94 valence electrons. The maximum Gasteiger partial charge on any atom is 0.130 e. The molecule has 0 aliphatic heterocycles. The minimum atomic E-state index is 0.218. The molecule has 1 rings (SSSR count). The molecule has 0 spiro atoms. The summed E-state index contributed by atoms with van der Waals surface area (Å²) < 4.78 is 5.59. The van der Waals surface area contributed by atoms with Gasteiger partial charge >= 0.3 is 0 Å². The van der Waals surface area contributed by atoms with E-state index in [1.807, 2.05) is 0 Å². The molecule has 0 bridgehead atoms. The first-order valence-corrected chi connectivity index (χ1v) is 6.27. The monoisotopic (exact) mass is 273 g/mol. The van der Waals surface area contributed by atoms with Crippen LogP contribution in [-0.4, -0.2) is 23.3 Å². The van der Waals surface area contributed by atoms with E-state index >= 15 is 0 Å². The number of nitrogens with two attached hydrogens (primary N) is 1. The Morgan fingerprint density at radius 3 is 2.76 bits per heavy atom. The molecule has 0 aromatic heterocycles. The van der Waals surface area contributed by atoms with Gasteiger partial charge < -0.3 is 15.6 Å². The highest BCUT2D eigenvalue weighted by Gasteiger charge is 2.10. The maximum atomic E-state index is 8.64. The summed E-state index contributed by atoms with van der Waals surface area (Å²) in [6.45, 7) is 0.783. The smallest absolute Gasteiger partial charge is 0.130 e. The number of hydrogen-bond donors (Lipinski definition) is 2. The minimum Gasteiger partial charge on any atom is -0.493 e. The highest BCUT2D eigenvalue weighted by molar-refractivity contribution is 7.80. The molecule has 5 heteroatoms. The highest BCUT2D eigenvalue weighted by atomic mass is 35.5. The number of hydrogen-bond acceptors (Lipinski definition) is 3. The van der Waals surface area contributed by atoms with Crippen molar-refractivity contribution in [2.45, 2.75) is 19.3 Å². The van der Waals surface area contributed by atoms with Crippen molar-refractivity contribution in [2.75, 3.05) is 13.2 Å². The fourth-order valence-corrected chi connectivity index (χ4v) is 1.97. The molecule has 0 atom stereocenters. The molecule has 0 fully saturated rings. The van der Waals surface area contributed by atoms with Crippen molar-refractivity contribution < 1.29 is 9.84 Å². The summed E-state index contributed by atoms with van der Waals surface area (Å²) in [5, 5.41) is 9.15. The van der Waals surface area contributed by atoms with E-state index in [1.165, 1.54) is 0 Å². The SMILES string of the molecule is NC(=S)c1c(Cl)cccc1OCCCCCO. The summed E-state index contributed by atoms with van der Waals surface area (Å²) in [6, 6.07) is 5.33. The van der Waals surface area contributed by atoms with Gasteiger partial charge in [0.15, 0.2) is 0 Å². The van der Waals surface area contributed by atoms with Crippen LogP contribution in [0.4, 0.5) is 0 Å². The molecule has 0 saturated heterocycles. The summed E-state index contributed by atoms with van der Waals surface area (Å²) in [5.41, 5.74) is 6.19. The van der Waals surface area contributed by atoms with Crippen LogP contribution in [0.5, 0.6) is 5.75 Å². The number of thiocarbonyl (C=S) groups is 1. The molecule has 0 unspecified atom stereocenters. The molecule has 0 aliphatic rings. The van der Waals surface area contributed by atoms with E-state index in [2.05, 4.69) is 0 Å². The fraction of sp³-hybridized carbons (Fsp3) is 0.417. The summed E-state index contributed by atoms with van der Waals surface area (Å²) >= 11 is 10.9. The van der Waals surface area contributed by atoms with Crippen LogP contribution in [0, 0.1) is 0 Å². The van der Waals surface area contributed by atoms with Gasteiger partial charge in [-0.2, -0.15) is 0 Å². The molecule has 1 aromatic rings. The van der Waals surface area contributed by atoms with Gasteiger partial charge in [0.1, 0.15) is 10.7 Å². The average molecular weight is 274 g/mol. The van der Waals surface area contributed by atoms with E-state index < -0.39 is 0 Å². The number of unbranched alkanes of at least 4 members (excludes halogenated alkanes) is 2. The lowest BCUT2D eigenvalue weighted by molar-refractivity contribution is 0.266. The molecular formula is C12H16ClNO2S. The van der Waals surface area contributed by atoms with Crippen LogP contribution < -0.4 is 10.5 Å². The standard InChI is InChI=1S/C12H16ClNO2S/c13-9-5-4-6-10(11(9)12(14)17)16-8-3-1-2-7-15/h4-6,15H,1-3,7-8H2,(H2,14,17). The number of halogens is 1. The largest absolute Gasteiger partial charge is 0.493 e. The predicted molar refractivity (Wildman–Crippen MR) is 73.8 cm³/mol. The summed E-state index contributed by atoms with van der Waals surface area (Å²) in [7, 11) is 0. The van der Waals surface area contributed by atoms with Crippen molar-refractivity contribution in [3.8, 4) is 5.75 Å². The van der Waals surface area contributed by atoms with Gasteiger partial charge in [0.2, 0.25) is 0 Å². The van der Waals surface area contributed by atoms with Crippen molar-refractivity contribution in [1.82, 2.24) is 0 Å². The molecule has 3 N–H and O–H groups in total. The second-order valence-electron chi connectivity index (χ2n) is 3.61. The van der Waals surface area contributed by atoms with Gasteiger partial charge in [-0.25, -0.2) is 0 Å². The summed E-state index contributed by atoms with van der Waals surface area (Å²) in [4.78, 5) is 0.237. The van der Waals surface area contributed by atoms with Gasteiger partial charge in [0.05, 0.1) is 17.2 Å². The molecule has 0 amide bonds. The van der Waals surface area contributed by atoms with E-state index in [1.54, 1.807) is 18.2 Å².